The average molecular weight is 229 g/mol. The number of ether oxygens (including phenoxy) is 1. The summed E-state index contributed by atoms with van der Waals surface area (Å²) in [6.07, 6.45) is 3.12. The fraction of sp³-hybridized carbons (Fsp3) is 0.636. The summed E-state index contributed by atoms with van der Waals surface area (Å²) >= 11 is 5.97. The Balaban J connectivity index is 2.99. The molecule has 84 valence electrons. The van der Waals surface area contributed by atoms with Crippen molar-refractivity contribution in [2.45, 2.75) is 46.1 Å². The van der Waals surface area contributed by atoms with E-state index < -0.39 is 0 Å². The predicted molar refractivity (Wildman–Crippen MR) is 61.4 cm³/mol. The van der Waals surface area contributed by atoms with Crippen LogP contribution in [0.2, 0.25) is 5.15 Å². The van der Waals surface area contributed by atoms with Gasteiger partial charge in [0.1, 0.15) is 17.1 Å². The Hall–Kier alpha value is -0.830. The highest BCUT2D eigenvalue weighted by molar-refractivity contribution is 6.30. The summed E-state index contributed by atoms with van der Waals surface area (Å²) in [5.74, 6) is 0.601. The molecular formula is C11H17ClN2O. The minimum absolute atomic E-state index is 0.221. The number of aromatic nitrogens is 2. The van der Waals surface area contributed by atoms with Crippen LogP contribution in [0.4, 0.5) is 0 Å². The SMILES string of the molecule is CCc1c(Cl)ncnc1OC(C)(C)CC. The molecule has 1 aromatic rings. The van der Waals surface area contributed by atoms with E-state index in [0.717, 1.165) is 18.4 Å². The molecule has 0 spiro atoms. The van der Waals surface area contributed by atoms with Gasteiger partial charge < -0.3 is 4.74 Å². The molecule has 4 heteroatoms. The summed E-state index contributed by atoms with van der Waals surface area (Å²) in [5.41, 5.74) is 0.655. The molecule has 0 atom stereocenters. The number of hydrogen-bond donors (Lipinski definition) is 0. The predicted octanol–water partition coefficient (Wildman–Crippen LogP) is 3.26. The van der Waals surface area contributed by atoms with E-state index in [9.17, 15) is 0 Å². The fourth-order valence-corrected chi connectivity index (χ4v) is 1.35. The molecule has 0 amide bonds. The van der Waals surface area contributed by atoms with Crippen molar-refractivity contribution in [2.24, 2.45) is 0 Å². The first-order chi connectivity index (χ1) is 7.00. The van der Waals surface area contributed by atoms with Crippen LogP contribution in [0.1, 0.15) is 39.7 Å². The third-order valence-corrected chi connectivity index (χ3v) is 2.76. The van der Waals surface area contributed by atoms with Gasteiger partial charge in [0.05, 0.1) is 5.56 Å². The molecule has 0 fully saturated rings. The minimum atomic E-state index is -0.221. The lowest BCUT2D eigenvalue weighted by molar-refractivity contribution is 0.0974. The summed E-state index contributed by atoms with van der Waals surface area (Å²) in [7, 11) is 0. The van der Waals surface area contributed by atoms with E-state index in [0.29, 0.717) is 11.0 Å². The molecule has 1 heterocycles. The van der Waals surface area contributed by atoms with E-state index in [1.807, 2.05) is 20.8 Å². The lowest BCUT2D eigenvalue weighted by Crippen LogP contribution is -2.28. The summed E-state index contributed by atoms with van der Waals surface area (Å²) in [6, 6.07) is 0. The van der Waals surface area contributed by atoms with E-state index >= 15 is 0 Å². The number of halogens is 1. The van der Waals surface area contributed by atoms with E-state index in [1.54, 1.807) is 0 Å². The number of nitrogens with zero attached hydrogens (tertiary/aromatic N) is 2. The molecule has 0 saturated carbocycles. The maximum absolute atomic E-state index is 5.97. The summed E-state index contributed by atoms with van der Waals surface area (Å²) in [5, 5.41) is 0.481. The van der Waals surface area contributed by atoms with Crippen molar-refractivity contribution in [2.75, 3.05) is 0 Å². The molecule has 0 saturated heterocycles. The zero-order valence-corrected chi connectivity index (χ0v) is 10.4. The Kier molecular flexibility index (Phi) is 3.91. The van der Waals surface area contributed by atoms with Crippen LogP contribution in [0.3, 0.4) is 0 Å². The van der Waals surface area contributed by atoms with Crippen LogP contribution in [0.5, 0.6) is 5.88 Å². The largest absolute Gasteiger partial charge is 0.471 e. The highest BCUT2D eigenvalue weighted by Gasteiger charge is 2.20. The molecule has 0 aliphatic rings. The fourth-order valence-electron chi connectivity index (χ4n) is 1.09. The molecule has 3 nitrogen and oxygen atoms in total. The first-order valence-corrected chi connectivity index (χ1v) is 5.56. The topological polar surface area (TPSA) is 35.0 Å². The lowest BCUT2D eigenvalue weighted by Gasteiger charge is -2.25. The number of rotatable bonds is 4. The van der Waals surface area contributed by atoms with Crippen LogP contribution < -0.4 is 4.74 Å². The monoisotopic (exact) mass is 228 g/mol. The van der Waals surface area contributed by atoms with Crippen molar-refractivity contribution in [3.8, 4) is 5.88 Å². The third-order valence-electron chi connectivity index (χ3n) is 2.43. The van der Waals surface area contributed by atoms with Gasteiger partial charge in [-0.2, -0.15) is 0 Å². The maximum atomic E-state index is 5.97. The Bertz CT molecular complexity index is 339. The molecule has 0 bridgehead atoms. The van der Waals surface area contributed by atoms with Crippen LogP contribution >= 0.6 is 11.6 Å². The van der Waals surface area contributed by atoms with Crippen LogP contribution in [-0.4, -0.2) is 15.6 Å². The van der Waals surface area contributed by atoms with Crippen LogP contribution in [0.25, 0.3) is 0 Å². The zero-order valence-electron chi connectivity index (χ0n) is 9.67. The van der Waals surface area contributed by atoms with Crippen molar-refractivity contribution < 1.29 is 4.74 Å². The van der Waals surface area contributed by atoms with Crippen molar-refractivity contribution in [1.29, 1.82) is 0 Å². The molecule has 0 aliphatic carbocycles. The van der Waals surface area contributed by atoms with Crippen molar-refractivity contribution >= 4 is 11.6 Å². The Morgan fingerprint density at radius 2 is 2.00 bits per heavy atom. The molecule has 1 aromatic heterocycles. The van der Waals surface area contributed by atoms with E-state index in [4.69, 9.17) is 16.3 Å². The molecule has 1 rings (SSSR count). The quantitative estimate of drug-likeness (QED) is 0.742. The maximum Gasteiger partial charge on any atom is 0.221 e. The van der Waals surface area contributed by atoms with Gasteiger partial charge in [-0.25, -0.2) is 9.97 Å². The average Bonchev–Trinajstić information content (AvgIpc) is 2.18. The van der Waals surface area contributed by atoms with Crippen LogP contribution in [-0.2, 0) is 6.42 Å². The van der Waals surface area contributed by atoms with Crippen molar-refractivity contribution in [3.05, 3.63) is 17.0 Å². The Labute approximate surface area is 95.8 Å². The van der Waals surface area contributed by atoms with Gasteiger partial charge in [-0.05, 0) is 26.7 Å². The smallest absolute Gasteiger partial charge is 0.221 e. The first-order valence-electron chi connectivity index (χ1n) is 5.18. The minimum Gasteiger partial charge on any atom is -0.471 e. The molecule has 0 N–H and O–H groups in total. The highest BCUT2D eigenvalue weighted by Crippen LogP contribution is 2.26. The van der Waals surface area contributed by atoms with Gasteiger partial charge in [-0.3, -0.25) is 0 Å². The summed E-state index contributed by atoms with van der Waals surface area (Å²) in [6.45, 7) is 8.15. The van der Waals surface area contributed by atoms with Crippen molar-refractivity contribution in [1.82, 2.24) is 9.97 Å². The Morgan fingerprint density at radius 1 is 1.33 bits per heavy atom. The van der Waals surface area contributed by atoms with Gasteiger partial charge in [-0.15, -0.1) is 0 Å². The van der Waals surface area contributed by atoms with E-state index in [2.05, 4.69) is 16.9 Å². The molecule has 0 unspecified atom stereocenters. The summed E-state index contributed by atoms with van der Waals surface area (Å²) in [4.78, 5) is 8.07. The van der Waals surface area contributed by atoms with Gasteiger partial charge in [-0.1, -0.05) is 25.4 Å². The van der Waals surface area contributed by atoms with E-state index in [-0.39, 0.29) is 5.60 Å². The van der Waals surface area contributed by atoms with Gasteiger partial charge in [0, 0.05) is 0 Å². The molecule has 0 radical (unpaired) electrons. The molecule has 0 aromatic carbocycles. The lowest BCUT2D eigenvalue weighted by atomic mass is 10.1. The molecule has 15 heavy (non-hydrogen) atoms. The second-order valence-electron chi connectivity index (χ2n) is 4.02. The van der Waals surface area contributed by atoms with Gasteiger partial charge in [0.2, 0.25) is 5.88 Å². The first kappa shape index (κ1) is 12.2. The zero-order chi connectivity index (χ0) is 11.5. The molecule has 0 aliphatic heterocycles. The third kappa shape index (κ3) is 3.06. The van der Waals surface area contributed by atoms with Crippen LogP contribution in [0.15, 0.2) is 6.33 Å². The van der Waals surface area contributed by atoms with Gasteiger partial charge in [0.15, 0.2) is 0 Å². The van der Waals surface area contributed by atoms with Crippen LogP contribution in [0, 0.1) is 0 Å². The van der Waals surface area contributed by atoms with Gasteiger partial charge in [0.25, 0.3) is 0 Å². The van der Waals surface area contributed by atoms with E-state index in [1.165, 1.54) is 6.33 Å². The number of hydrogen-bond acceptors (Lipinski definition) is 3. The molecular weight excluding hydrogens is 212 g/mol. The summed E-state index contributed by atoms with van der Waals surface area (Å²) < 4.78 is 5.82. The van der Waals surface area contributed by atoms with Gasteiger partial charge >= 0.3 is 0 Å². The highest BCUT2D eigenvalue weighted by atomic mass is 35.5. The second kappa shape index (κ2) is 4.79. The second-order valence-corrected chi connectivity index (χ2v) is 4.38. The normalized spacial score (nSPS) is 11.5. The Morgan fingerprint density at radius 3 is 2.53 bits per heavy atom. The van der Waals surface area contributed by atoms with Crippen molar-refractivity contribution in [3.63, 3.8) is 0 Å². The standard InChI is InChI=1S/C11H17ClN2O/c1-5-8-9(12)13-7-14-10(8)15-11(3,4)6-2/h7H,5-6H2,1-4H3.